The number of thiocarbonyl (C=S) groups is 1. The zero-order chi connectivity index (χ0) is 27.7. The van der Waals surface area contributed by atoms with Crippen molar-refractivity contribution in [2.45, 2.75) is 25.9 Å². The molecule has 7 nitrogen and oxygen atoms in total. The summed E-state index contributed by atoms with van der Waals surface area (Å²) in [4.78, 5) is 18.8. The fourth-order valence-electron chi connectivity index (χ4n) is 5.10. The molecule has 10 heteroatoms. The Bertz CT molecular complexity index is 1530. The molecule has 2 atom stereocenters. The molecule has 0 aliphatic carbocycles. The third kappa shape index (κ3) is 5.45. The normalized spacial score (nSPS) is 16.8. The molecule has 1 fully saturated rings. The summed E-state index contributed by atoms with van der Waals surface area (Å²) in [6.45, 7) is 4.18. The molecule has 0 radical (unpaired) electrons. The van der Waals surface area contributed by atoms with Gasteiger partial charge in [0.15, 0.2) is 5.11 Å². The average molecular weight is 625 g/mol. The number of amides is 1. The molecule has 39 heavy (non-hydrogen) atoms. The van der Waals surface area contributed by atoms with Crippen LogP contribution in [0.5, 0.6) is 0 Å². The van der Waals surface area contributed by atoms with Crippen LogP contribution in [-0.4, -0.2) is 34.3 Å². The van der Waals surface area contributed by atoms with Crippen molar-refractivity contribution in [2.75, 3.05) is 23.9 Å². The first-order valence-electron chi connectivity index (χ1n) is 12.3. The average Bonchev–Trinajstić information content (AvgIpc) is 3.41. The number of pyridine rings is 1. The second-order valence-corrected chi connectivity index (χ2v) is 11.0. The number of benzene rings is 2. The van der Waals surface area contributed by atoms with Crippen LogP contribution in [-0.2, 0) is 9.53 Å². The third-order valence-electron chi connectivity index (χ3n) is 6.75. The minimum absolute atomic E-state index is 0.0555. The van der Waals surface area contributed by atoms with Crippen LogP contribution < -0.4 is 15.5 Å². The predicted octanol–water partition coefficient (Wildman–Crippen LogP) is 6.67. The zero-order valence-corrected chi connectivity index (χ0v) is 24.8. The van der Waals surface area contributed by atoms with Gasteiger partial charge in [-0.3, -0.25) is 9.78 Å². The number of carbonyl (C=O) groups excluding carboxylic acids is 1. The predicted molar refractivity (Wildman–Crippen MR) is 163 cm³/mol. The van der Waals surface area contributed by atoms with E-state index in [0.717, 1.165) is 38.5 Å². The van der Waals surface area contributed by atoms with Crippen LogP contribution in [0.15, 0.2) is 77.4 Å². The zero-order valence-electron chi connectivity index (χ0n) is 21.6. The largest absolute Gasteiger partial charge is 0.375 e. The SMILES string of the molecule is COCC(=O)Nc1ccc(N2C(=S)N[C@@H](c3ccccn3)[C@H]2c2cc(C)n(-c3ccc(Br)cc3)c2C)cc1Cl. The second-order valence-electron chi connectivity index (χ2n) is 9.28. The highest BCUT2D eigenvalue weighted by Crippen LogP contribution is 2.44. The number of ether oxygens (including phenoxy) is 1. The van der Waals surface area contributed by atoms with E-state index in [-0.39, 0.29) is 24.6 Å². The minimum Gasteiger partial charge on any atom is -0.375 e. The maximum atomic E-state index is 12.1. The molecule has 5 rings (SSSR count). The highest BCUT2D eigenvalue weighted by molar-refractivity contribution is 9.10. The van der Waals surface area contributed by atoms with Crippen LogP contribution >= 0.6 is 39.7 Å². The van der Waals surface area contributed by atoms with Crippen molar-refractivity contribution in [3.63, 3.8) is 0 Å². The summed E-state index contributed by atoms with van der Waals surface area (Å²) in [5, 5.41) is 7.25. The molecule has 0 unspecified atom stereocenters. The Hall–Kier alpha value is -3.24. The summed E-state index contributed by atoms with van der Waals surface area (Å²) < 4.78 is 8.19. The molecule has 1 amide bonds. The van der Waals surface area contributed by atoms with Crippen molar-refractivity contribution in [2.24, 2.45) is 0 Å². The number of carbonyl (C=O) groups is 1. The molecule has 2 aromatic heterocycles. The summed E-state index contributed by atoms with van der Waals surface area (Å²) in [6.07, 6.45) is 1.79. The van der Waals surface area contributed by atoms with Gasteiger partial charge in [-0.15, -0.1) is 0 Å². The molecule has 3 heterocycles. The maximum absolute atomic E-state index is 12.1. The Balaban J connectivity index is 1.60. The van der Waals surface area contributed by atoms with Gasteiger partial charge >= 0.3 is 0 Å². The summed E-state index contributed by atoms with van der Waals surface area (Å²) in [7, 11) is 1.47. The van der Waals surface area contributed by atoms with Crippen LogP contribution in [0.3, 0.4) is 0 Å². The van der Waals surface area contributed by atoms with E-state index >= 15 is 0 Å². The first-order chi connectivity index (χ1) is 18.8. The van der Waals surface area contributed by atoms with Gasteiger partial charge in [0, 0.05) is 40.5 Å². The molecule has 0 saturated carbocycles. The molecule has 4 aromatic rings. The van der Waals surface area contributed by atoms with Gasteiger partial charge in [-0.1, -0.05) is 33.6 Å². The summed E-state index contributed by atoms with van der Waals surface area (Å²) >= 11 is 16.1. The van der Waals surface area contributed by atoms with Crippen LogP contribution in [0.4, 0.5) is 11.4 Å². The Labute approximate surface area is 246 Å². The Morgan fingerprint density at radius 2 is 1.87 bits per heavy atom. The molecule has 2 aromatic carbocycles. The second kappa shape index (κ2) is 11.5. The van der Waals surface area contributed by atoms with Crippen molar-refractivity contribution in [3.8, 4) is 5.69 Å². The van der Waals surface area contributed by atoms with Crippen molar-refractivity contribution in [3.05, 3.63) is 105 Å². The number of anilines is 2. The molecule has 200 valence electrons. The van der Waals surface area contributed by atoms with Gasteiger partial charge in [-0.05, 0) is 92.3 Å². The number of methoxy groups -OCH3 is 1. The number of nitrogens with one attached hydrogen (secondary N) is 2. The van der Waals surface area contributed by atoms with E-state index in [9.17, 15) is 4.79 Å². The maximum Gasteiger partial charge on any atom is 0.250 e. The molecular weight excluding hydrogens is 598 g/mol. The van der Waals surface area contributed by atoms with E-state index in [4.69, 9.17) is 28.6 Å². The fourth-order valence-corrected chi connectivity index (χ4v) is 5.93. The van der Waals surface area contributed by atoms with Gasteiger partial charge in [0.05, 0.1) is 28.5 Å². The first-order valence-corrected chi connectivity index (χ1v) is 13.9. The number of hydrogen-bond donors (Lipinski definition) is 2. The van der Waals surface area contributed by atoms with Crippen molar-refractivity contribution in [1.82, 2.24) is 14.9 Å². The molecule has 1 saturated heterocycles. The number of rotatable bonds is 7. The summed E-state index contributed by atoms with van der Waals surface area (Å²) in [6, 6.07) is 21.5. The smallest absolute Gasteiger partial charge is 0.250 e. The number of aryl methyl sites for hydroxylation is 1. The Morgan fingerprint density at radius 3 is 2.54 bits per heavy atom. The van der Waals surface area contributed by atoms with Gasteiger partial charge in [0.2, 0.25) is 5.91 Å². The number of nitrogens with zero attached hydrogens (tertiary/aromatic N) is 3. The summed E-state index contributed by atoms with van der Waals surface area (Å²) in [5.41, 5.74) is 6.60. The fraction of sp³-hybridized carbons (Fsp3) is 0.207. The van der Waals surface area contributed by atoms with Gasteiger partial charge in [-0.2, -0.15) is 0 Å². The highest BCUT2D eigenvalue weighted by atomic mass is 79.9. The van der Waals surface area contributed by atoms with Crippen molar-refractivity contribution >= 4 is 62.1 Å². The quantitative estimate of drug-likeness (QED) is 0.224. The van der Waals surface area contributed by atoms with Crippen LogP contribution in [0, 0.1) is 13.8 Å². The van der Waals surface area contributed by atoms with E-state index in [0.29, 0.717) is 15.8 Å². The molecular formula is C29H27BrClN5O2S. The van der Waals surface area contributed by atoms with Gasteiger partial charge < -0.3 is 24.8 Å². The first kappa shape index (κ1) is 27.3. The topological polar surface area (TPSA) is 71.4 Å². The van der Waals surface area contributed by atoms with Crippen LogP contribution in [0.1, 0.15) is 34.7 Å². The molecule has 0 bridgehead atoms. The van der Waals surface area contributed by atoms with Crippen molar-refractivity contribution in [1.29, 1.82) is 0 Å². The van der Waals surface area contributed by atoms with Gasteiger partial charge in [-0.25, -0.2) is 0 Å². The molecule has 1 aliphatic rings. The lowest BCUT2D eigenvalue weighted by Crippen LogP contribution is -2.29. The van der Waals surface area contributed by atoms with E-state index in [1.165, 1.54) is 7.11 Å². The highest BCUT2D eigenvalue weighted by Gasteiger charge is 2.42. The Kier molecular flexibility index (Phi) is 8.04. The van der Waals surface area contributed by atoms with E-state index in [1.807, 2.05) is 42.5 Å². The van der Waals surface area contributed by atoms with E-state index < -0.39 is 0 Å². The Morgan fingerprint density at radius 1 is 1.13 bits per heavy atom. The number of hydrogen-bond acceptors (Lipinski definition) is 4. The minimum atomic E-state index is -0.279. The number of aromatic nitrogens is 2. The monoisotopic (exact) mass is 623 g/mol. The lowest BCUT2D eigenvalue weighted by atomic mass is 9.96. The third-order valence-corrected chi connectivity index (χ3v) is 7.91. The lowest BCUT2D eigenvalue weighted by molar-refractivity contribution is -0.119. The number of halogens is 2. The van der Waals surface area contributed by atoms with Gasteiger partial charge in [0.25, 0.3) is 0 Å². The molecule has 0 spiro atoms. The van der Waals surface area contributed by atoms with Crippen molar-refractivity contribution < 1.29 is 9.53 Å². The standard InChI is InChI=1S/C29H27BrClN5O2S/c1-17-14-22(18(2)35(17)20-9-7-19(30)8-10-20)28-27(25-6-4-5-13-32-25)34-29(39)36(28)21-11-12-24(23(31)15-21)33-26(37)16-38-3/h4-15,27-28H,16H2,1-3H3,(H,33,37)(H,34,39)/t27-,28+/m0/s1. The molecule has 1 aliphatic heterocycles. The molecule has 2 N–H and O–H groups in total. The van der Waals surface area contributed by atoms with Crippen LogP contribution in [0.2, 0.25) is 5.02 Å². The van der Waals surface area contributed by atoms with Crippen LogP contribution in [0.25, 0.3) is 5.69 Å². The van der Waals surface area contributed by atoms with Gasteiger partial charge in [0.1, 0.15) is 6.61 Å². The summed E-state index contributed by atoms with van der Waals surface area (Å²) in [5.74, 6) is -0.279. The lowest BCUT2D eigenvalue weighted by Gasteiger charge is -2.28. The van der Waals surface area contributed by atoms with E-state index in [2.05, 4.69) is 73.1 Å². The van der Waals surface area contributed by atoms with E-state index in [1.54, 1.807) is 12.3 Å².